The summed E-state index contributed by atoms with van der Waals surface area (Å²) in [6, 6.07) is 5.82. The van der Waals surface area contributed by atoms with E-state index in [1.807, 2.05) is 4.90 Å². The van der Waals surface area contributed by atoms with Crippen LogP contribution in [-0.2, 0) is 0 Å². The summed E-state index contributed by atoms with van der Waals surface area (Å²) in [5, 5.41) is 0.469. The number of pyridine rings is 1. The van der Waals surface area contributed by atoms with E-state index in [1.54, 1.807) is 0 Å². The van der Waals surface area contributed by atoms with Gasteiger partial charge in [0.1, 0.15) is 5.82 Å². The van der Waals surface area contributed by atoms with Crippen LogP contribution < -0.4 is 5.56 Å². The molecule has 2 bridgehead atoms. The van der Waals surface area contributed by atoms with E-state index < -0.39 is 5.82 Å². The molecule has 6 heteroatoms. The molecule has 138 valence electrons. The highest BCUT2D eigenvalue weighted by atomic mass is 19.1. The smallest absolute Gasteiger partial charge is 0.254 e. The number of aromatic amines is 1. The van der Waals surface area contributed by atoms with E-state index in [0.717, 1.165) is 32.4 Å². The van der Waals surface area contributed by atoms with Gasteiger partial charge in [0.2, 0.25) is 5.56 Å². The van der Waals surface area contributed by atoms with Crippen molar-refractivity contribution in [1.29, 1.82) is 0 Å². The van der Waals surface area contributed by atoms with Crippen molar-refractivity contribution in [3.63, 3.8) is 0 Å². The lowest BCUT2D eigenvalue weighted by molar-refractivity contribution is 0.0740. The predicted molar refractivity (Wildman–Crippen MR) is 98.8 cm³/mol. The van der Waals surface area contributed by atoms with Crippen LogP contribution in [0.2, 0.25) is 0 Å². The highest BCUT2D eigenvalue weighted by Gasteiger charge is 2.36. The van der Waals surface area contributed by atoms with Gasteiger partial charge in [0, 0.05) is 42.6 Å². The third kappa shape index (κ3) is 3.14. The molecule has 5 nitrogen and oxygen atoms in total. The summed E-state index contributed by atoms with van der Waals surface area (Å²) in [4.78, 5) is 32.3. The Kier molecular flexibility index (Phi) is 4.53. The maximum atomic E-state index is 13.7. The van der Waals surface area contributed by atoms with Gasteiger partial charge in [-0.25, -0.2) is 4.39 Å². The van der Waals surface area contributed by atoms with Crippen LogP contribution in [-0.4, -0.2) is 52.9 Å². The SMILES string of the molecule is CCCN1C[C@H]2CC[C@@H]1CN(C(=O)c1cc(=O)[nH]c3ccc(F)cc13)C2. The minimum Gasteiger partial charge on any atom is -0.337 e. The number of aromatic nitrogens is 1. The Hall–Kier alpha value is -2.21. The molecule has 1 amide bonds. The molecule has 3 fully saturated rings. The van der Waals surface area contributed by atoms with Gasteiger partial charge in [0.05, 0.1) is 5.56 Å². The van der Waals surface area contributed by atoms with Crippen molar-refractivity contribution < 1.29 is 9.18 Å². The normalized spacial score (nSPS) is 23.4. The molecule has 3 aliphatic rings. The van der Waals surface area contributed by atoms with Crippen molar-refractivity contribution in [2.24, 2.45) is 5.92 Å². The Morgan fingerprint density at radius 2 is 2.08 bits per heavy atom. The van der Waals surface area contributed by atoms with Gasteiger partial charge in [0.25, 0.3) is 5.91 Å². The number of carbonyl (C=O) groups excluding carboxylic acids is 1. The van der Waals surface area contributed by atoms with Gasteiger partial charge in [-0.05, 0) is 49.9 Å². The van der Waals surface area contributed by atoms with Gasteiger partial charge in [-0.2, -0.15) is 0 Å². The van der Waals surface area contributed by atoms with Gasteiger partial charge in [0.15, 0.2) is 0 Å². The fourth-order valence-corrected chi connectivity index (χ4v) is 4.48. The summed E-state index contributed by atoms with van der Waals surface area (Å²) >= 11 is 0. The molecule has 4 heterocycles. The first-order valence-electron chi connectivity index (χ1n) is 9.41. The quantitative estimate of drug-likeness (QED) is 0.919. The number of fused-ring (bicyclic) bond motifs is 5. The Morgan fingerprint density at radius 3 is 2.88 bits per heavy atom. The molecule has 3 aliphatic heterocycles. The van der Waals surface area contributed by atoms with Crippen molar-refractivity contribution in [2.45, 2.75) is 32.2 Å². The van der Waals surface area contributed by atoms with E-state index >= 15 is 0 Å². The van der Waals surface area contributed by atoms with Crippen molar-refractivity contribution in [2.75, 3.05) is 26.2 Å². The second-order valence-electron chi connectivity index (χ2n) is 7.54. The van der Waals surface area contributed by atoms with Crippen LogP contribution in [0.3, 0.4) is 0 Å². The first kappa shape index (κ1) is 17.2. The summed E-state index contributed by atoms with van der Waals surface area (Å²) in [6.07, 6.45) is 3.35. The molecule has 1 aromatic heterocycles. The fourth-order valence-electron chi connectivity index (χ4n) is 4.48. The molecule has 2 atom stereocenters. The minimum absolute atomic E-state index is 0.165. The van der Waals surface area contributed by atoms with Gasteiger partial charge in [-0.1, -0.05) is 6.92 Å². The van der Waals surface area contributed by atoms with Gasteiger partial charge in [-0.3, -0.25) is 14.5 Å². The van der Waals surface area contributed by atoms with Gasteiger partial charge < -0.3 is 9.88 Å². The lowest BCUT2D eigenvalue weighted by atomic mass is 9.95. The topological polar surface area (TPSA) is 56.4 Å². The fraction of sp³-hybridized carbons (Fsp3) is 0.500. The highest BCUT2D eigenvalue weighted by molar-refractivity contribution is 6.06. The molecule has 3 saturated heterocycles. The van der Waals surface area contributed by atoms with Gasteiger partial charge in [-0.15, -0.1) is 0 Å². The molecule has 0 saturated carbocycles. The molecular formula is C20H24FN3O2. The number of amides is 1. The van der Waals surface area contributed by atoms with Crippen LogP contribution in [0.1, 0.15) is 36.5 Å². The number of nitrogens with one attached hydrogen (secondary N) is 1. The third-order valence-corrected chi connectivity index (χ3v) is 5.66. The lowest BCUT2D eigenvalue weighted by Gasteiger charge is -2.35. The Balaban J connectivity index is 1.69. The summed E-state index contributed by atoms with van der Waals surface area (Å²) in [7, 11) is 0. The number of hydrogen-bond donors (Lipinski definition) is 1. The van der Waals surface area contributed by atoms with E-state index in [0.29, 0.717) is 41.5 Å². The maximum absolute atomic E-state index is 13.7. The highest BCUT2D eigenvalue weighted by Crippen LogP contribution is 2.29. The Labute approximate surface area is 151 Å². The number of halogens is 1. The average molecular weight is 357 g/mol. The number of carbonyl (C=O) groups is 1. The number of nitrogens with zero attached hydrogens (tertiary/aromatic N) is 2. The standard InChI is InChI=1S/C20H24FN3O2/c1-2-7-23-10-13-3-5-15(23)12-24(11-13)20(26)17-9-19(25)22-18-6-4-14(21)8-16(17)18/h4,6,8-9,13,15H,2-3,5,7,10-12H2,1H3,(H,22,25)/t13-,15-/m1/s1. The first-order chi connectivity index (χ1) is 12.5. The van der Waals surface area contributed by atoms with Crippen molar-refractivity contribution in [3.05, 3.63) is 46.0 Å². The number of benzene rings is 1. The van der Waals surface area contributed by atoms with Gasteiger partial charge >= 0.3 is 0 Å². The molecule has 0 aliphatic carbocycles. The first-order valence-corrected chi connectivity index (χ1v) is 9.41. The van der Waals surface area contributed by atoms with Crippen LogP contribution in [0.5, 0.6) is 0 Å². The zero-order chi connectivity index (χ0) is 18.3. The largest absolute Gasteiger partial charge is 0.337 e. The number of H-pyrrole nitrogens is 1. The second kappa shape index (κ2) is 6.83. The molecule has 0 unspecified atom stereocenters. The van der Waals surface area contributed by atoms with E-state index in [-0.39, 0.29) is 11.5 Å². The van der Waals surface area contributed by atoms with Crippen molar-refractivity contribution in [1.82, 2.24) is 14.8 Å². The molecule has 1 N–H and O–H groups in total. The average Bonchev–Trinajstić information content (AvgIpc) is 2.93. The van der Waals surface area contributed by atoms with Crippen LogP contribution in [0, 0.1) is 11.7 Å². The molecule has 2 aromatic rings. The number of hydrogen-bond acceptors (Lipinski definition) is 3. The molecule has 5 rings (SSSR count). The van der Waals surface area contributed by atoms with E-state index in [9.17, 15) is 14.0 Å². The van der Waals surface area contributed by atoms with Crippen LogP contribution in [0.4, 0.5) is 4.39 Å². The van der Waals surface area contributed by atoms with Crippen LogP contribution >= 0.6 is 0 Å². The van der Waals surface area contributed by atoms with Crippen molar-refractivity contribution in [3.8, 4) is 0 Å². The Bertz CT molecular complexity index is 894. The molecule has 26 heavy (non-hydrogen) atoms. The second-order valence-corrected chi connectivity index (χ2v) is 7.54. The number of piperidine rings is 1. The molecule has 1 aromatic carbocycles. The summed E-state index contributed by atoms with van der Waals surface area (Å²) in [5.41, 5.74) is 0.456. The lowest BCUT2D eigenvalue weighted by Crippen LogP contribution is -2.44. The zero-order valence-electron chi connectivity index (χ0n) is 15.0. The Morgan fingerprint density at radius 1 is 1.23 bits per heavy atom. The summed E-state index contributed by atoms with van der Waals surface area (Å²) < 4.78 is 13.7. The zero-order valence-corrected chi connectivity index (χ0v) is 15.0. The maximum Gasteiger partial charge on any atom is 0.254 e. The summed E-state index contributed by atoms with van der Waals surface area (Å²) in [6.45, 7) is 5.66. The van der Waals surface area contributed by atoms with E-state index in [1.165, 1.54) is 24.3 Å². The molecule has 0 radical (unpaired) electrons. The van der Waals surface area contributed by atoms with E-state index in [2.05, 4.69) is 16.8 Å². The minimum atomic E-state index is -0.413. The molecule has 0 spiro atoms. The van der Waals surface area contributed by atoms with Crippen LogP contribution in [0.15, 0.2) is 29.1 Å². The molecular weight excluding hydrogens is 333 g/mol. The number of rotatable bonds is 3. The van der Waals surface area contributed by atoms with E-state index in [4.69, 9.17) is 0 Å². The van der Waals surface area contributed by atoms with Crippen molar-refractivity contribution >= 4 is 16.8 Å². The predicted octanol–water partition coefficient (Wildman–Crippen LogP) is 2.61. The monoisotopic (exact) mass is 357 g/mol. The van der Waals surface area contributed by atoms with Crippen LogP contribution in [0.25, 0.3) is 10.9 Å². The summed E-state index contributed by atoms with van der Waals surface area (Å²) in [5.74, 6) is -0.111. The third-order valence-electron chi connectivity index (χ3n) is 5.66.